The molecule has 19 heavy (non-hydrogen) atoms. The normalized spacial score (nSPS) is 10.5. The summed E-state index contributed by atoms with van der Waals surface area (Å²) in [5.74, 6) is 0.0449. The van der Waals surface area contributed by atoms with Gasteiger partial charge in [0.1, 0.15) is 0 Å². The van der Waals surface area contributed by atoms with Crippen LogP contribution in [0.15, 0.2) is 36.7 Å². The van der Waals surface area contributed by atoms with Gasteiger partial charge in [0.2, 0.25) is 0 Å². The van der Waals surface area contributed by atoms with Crippen LogP contribution in [-0.2, 0) is 12.8 Å². The number of ketones is 1. The summed E-state index contributed by atoms with van der Waals surface area (Å²) in [5, 5.41) is 1.09. The number of carbonyl (C=O) groups is 1. The molecule has 4 heteroatoms. The maximum absolute atomic E-state index is 12.3. The van der Waals surface area contributed by atoms with E-state index in [-0.39, 0.29) is 12.2 Å². The Kier molecular flexibility index (Phi) is 4.56. The molecule has 0 aliphatic rings. The molecule has 0 aliphatic heterocycles. The Morgan fingerprint density at radius 2 is 2.00 bits per heavy atom. The predicted octanol–water partition coefficient (Wildman–Crippen LogP) is 4.38. The van der Waals surface area contributed by atoms with Crippen molar-refractivity contribution in [3.05, 3.63) is 63.4 Å². The number of pyridine rings is 1. The van der Waals surface area contributed by atoms with E-state index < -0.39 is 0 Å². The molecule has 2 aromatic rings. The van der Waals surface area contributed by atoms with Gasteiger partial charge >= 0.3 is 0 Å². The topological polar surface area (TPSA) is 30.0 Å². The molecule has 2 nitrogen and oxygen atoms in total. The molecule has 1 aromatic carbocycles. The van der Waals surface area contributed by atoms with Gasteiger partial charge in [-0.2, -0.15) is 0 Å². The Labute approximate surface area is 122 Å². The van der Waals surface area contributed by atoms with Gasteiger partial charge in [-0.15, -0.1) is 0 Å². The second kappa shape index (κ2) is 6.18. The van der Waals surface area contributed by atoms with E-state index in [0.717, 1.165) is 17.5 Å². The average molecular weight is 294 g/mol. The Balaban J connectivity index is 2.26. The summed E-state index contributed by atoms with van der Waals surface area (Å²) in [7, 11) is 0. The van der Waals surface area contributed by atoms with Gasteiger partial charge in [-0.25, -0.2) is 0 Å². The number of Topliss-reactive ketones (excluding diaryl/α,β-unsaturated/α-hetero) is 1. The van der Waals surface area contributed by atoms with Gasteiger partial charge in [-0.1, -0.05) is 36.2 Å². The summed E-state index contributed by atoms with van der Waals surface area (Å²) in [6, 6.07) is 6.93. The van der Waals surface area contributed by atoms with Crippen LogP contribution in [0, 0.1) is 0 Å². The van der Waals surface area contributed by atoms with Crippen molar-refractivity contribution in [2.45, 2.75) is 19.8 Å². The molecule has 1 heterocycles. The zero-order chi connectivity index (χ0) is 13.8. The molecule has 0 N–H and O–H groups in total. The van der Waals surface area contributed by atoms with Gasteiger partial charge in [-0.05, 0) is 35.7 Å². The lowest BCUT2D eigenvalue weighted by Crippen LogP contribution is -2.07. The average Bonchev–Trinajstić information content (AvgIpc) is 2.41. The Hall–Kier alpha value is -1.38. The van der Waals surface area contributed by atoms with Crippen molar-refractivity contribution in [2.24, 2.45) is 0 Å². The fourth-order valence-corrected chi connectivity index (χ4v) is 2.39. The molecule has 98 valence electrons. The Morgan fingerprint density at radius 3 is 2.68 bits per heavy atom. The molecule has 0 radical (unpaired) electrons. The number of nitrogens with zero attached hydrogens (tertiary/aromatic N) is 1. The standard InChI is InChI=1S/C15H13Cl2NO/c1-2-10-9-18-6-5-13(10)15(19)7-11-3-4-12(16)8-14(11)17/h3-6,8-9H,2,7H2,1H3. The first-order valence-corrected chi connectivity index (χ1v) is 6.77. The van der Waals surface area contributed by atoms with Crippen LogP contribution >= 0.6 is 23.2 Å². The van der Waals surface area contributed by atoms with E-state index in [1.54, 1.807) is 36.7 Å². The molecular weight excluding hydrogens is 281 g/mol. The van der Waals surface area contributed by atoms with Crippen LogP contribution in [0.3, 0.4) is 0 Å². The van der Waals surface area contributed by atoms with Gasteiger partial charge in [-0.3, -0.25) is 9.78 Å². The molecule has 0 saturated carbocycles. The monoisotopic (exact) mass is 293 g/mol. The lowest BCUT2D eigenvalue weighted by molar-refractivity contribution is 0.0992. The minimum absolute atomic E-state index is 0.0449. The number of halogens is 2. The number of benzene rings is 1. The van der Waals surface area contributed by atoms with Crippen molar-refractivity contribution in [1.82, 2.24) is 4.98 Å². The second-order valence-electron chi connectivity index (χ2n) is 4.22. The van der Waals surface area contributed by atoms with Gasteiger partial charge in [0.15, 0.2) is 5.78 Å². The molecule has 2 rings (SSSR count). The van der Waals surface area contributed by atoms with E-state index in [4.69, 9.17) is 23.2 Å². The minimum Gasteiger partial charge on any atom is -0.294 e. The summed E-state index contributed by atoms with van der Waals surface area (Å²) in [5.41, 5.74) is 2.45. The third-order valence-electron chi connectivity index (χ3n) is 2.95. The number of aryl methyl sites for hydroxylation is 1. The van der Waals surface area contributed by atoms with E-state index in [2.05, 4.69) is 4.98 Å². The van der Waals surface area contributed by atoms with Gasteiger partial charge < -0.3 is 0 Å². The SMILES string of the molecule is CCc1cnccc1C(=O)Cc1ccc(Cl)cc1Cl. The summed E-state index contributed by atoms with van der Waals surface area (Å²) in [6.07, 6.45) is 4.42. The number of rotatable bonds is 4. The Bertz CT molecular complexity index is 611. The van der Waals surface area contributed by atoms with Crippen LogP contribution in [0.2, 0.25) is 10.0 Å². The third-order valence-corrected chi connectivity index (χ3v) is 3.54. The molecule has 0 bridgehead atoms. The van der Waals surface area contributed by atoms with Crippen LogP contribution in [0.4, 0.5) is 0 Å². The highest BCUT2D eigenvalue weighted by Gasteiger charge is 2.13. The molecule has 0 unspecified atom stereocenters. The first-order valence-electron chi connectivity index (χ1n) is 6.01. The Morgan fingerprint density at radius 1 is 1.21 bits per heavy atom. The zero-order valence-corrected chi connectivity index (χ0v) is 12.0. The van der Waals surface area contributed by atoms with Gasteiger partial charge in [0.25, 0.3) is 0 Å². The summed E-state index contributed by atoms with van der Waals surface area (Å²) < 4.78 is 0. The maximum Gasteiger partial charge on any atom is 0.167 e. The first-order chi connectivity index (χ1) is 9.11. The summed E-state index contributed by atoms with van der Waals surface area (Å²) in [4.78, 5) is 16.4. The highest BCUT2D eigenvalue weighted by molar-refractivity contribution is 6.35. The molecule has 0 spiro atoms. The maximum atomic E-state index is 12.3. The van der Waals surface area contributed by atoms with Crippen molar-refractivity contribution >= 4 is 29.0 Å². The fourth-order valence-electron chi connectivity index (χ4n) is 1.91. The number of hydrogen-bond donors (Lipinski definition) is 0. The van der Waals surface area contributed by atoms with Gasteiger partial charge in [0, 0.05) is 34.4 Å². The van der Waals surface area contributed by atoms with Crippen LogP contribution in [0.5, 0.6) is 0 Å². The summed E-state index contributed by atoms with van der Waals surface area (Å²) >= 11 is 11.9. The van der Waals surface area contributed by atoms with Crippen LogP contribution in [0.25, 0.3) is 0 Å². The fraction of sp³-hybridized carbons (Fsp3) is 0.200. The van der Waals surface area contributed by atoms with Crippen molar-refractivity contribution < 1.29 is 4.79 Å². The van der Waals surface area contributed by atoms with Crippen LogP contribution in [0.1, 0.15) is 28.4 Å². The zero-order valence-electron chi connectivity index (χ0n) is 10.5. The predicted molar refractivity (Wildman–Crippen MR) is 78.1 cm³/mol. The molecule has 0 saturated heterocycles. The quantitative estimate of drug-likeness (QED) is 0.783. The molecule has 0 aliphatic carbocycles. The highest BCUT2D eigenvalue weighted by atomic mass is 35.5. The van der Waals surface area contributed by atoms with Crippen LogP contribution < -0.4 is 0 Å². The summed E-state index contributed by atoms with van der Waals surface area (Å²) in [6.45, 7) is 2.00. The third kappa shape index (κ3) is 3.34. The lowest BCUT2D eigenvalue weighted by Gasteiger charge is -2.07. The highest BCUT2D eigenvalue weighted by Crippen LogP contribution is 2.23. The van der Waals surface area contributed by atoms with Crippen molar-refractivity contribution in [3.63, 3.8) is 0 Å². The second-order valence-corrected chi connectivity index (χ2v) is 5.07. The van der Waals surface area contributed by atoms with E-state index in [9.17, 15) is 4.79 Å². The van der Waals surface area contributed by atoms with E-state index in [1.165, 1.54) is 0 Å². The molecule has 0 atom stereocenters. The smallest absolute Gasteiger partial charge is 0.167 e. The number of carbonyl (C=O) groups excluding carboxylic acids is 1. The van der Waals surface area contributed by atoms with Crippen molar-refractivity contribution in [1.29, 1.82) is 0 Å². The van der Waals surface area contributed by atoms with E-state index >= 15 is 0 Å². The molecular formula is C15H13Cl2NO. The van der Waals surface area contributed by atoms with Gasteiger partial charge in [0.05, 0.1) is 0 Å². The minimum atomic E-state index is 0.0449. The molecule has 0 amide bonds. The largest absolute Gasteiger partial charge is 0.294 e. The number of hydrogen-bond acceptors (Lipinski definition) is 2. The van der Waals surface area contributed by atoms with Crippen molar-refractivity contribution in [3.8, 4) is 0 Å². The van der Waals surface area contributed by atoms with E-state index in [1.807, 2.05) is 6.92 Å². The van der Waals surface area contributed by atoms with E-state index in [0.29, 0.717) is 15.6 Å². The molecule has 1 aromatic heterocycles. The van der Waals surface area contributed by atoms with Crippen LogP contribution in [-0.4, -0.2) is 10.8 Å². The first kappa shape index (κ1) is 14.0. The van der Waals surface area contributed by atoms with Crippen molar-refractivity contribution in [2.75, 3.05) is 0 Å². The molecule has 0 fully saturated rings. The lowest BCUT2D eigenvalue weighted by atomic mass is 9.99. The number of aromatic nitrogens is 1.